The summed E-state index contributed by atoms with van der Waals surface area (Å²) in [6.07, 6.45) is -0.732. The van der Waals surface area contributed by atoms with Crippen molar-refractivity contribution in [2.75, 3.05) is 11.9 Å². The van der Waals surface area contributed by atoms with Gasteiger partial charge in [0.2, 0.25) is 0 Å². The predicted octanol–water partition coefficient (Wildman–Crippen LogP) is 5.55. The van der Waals surface area contributed by atoms with E-state index in [1.54, 1.807) is 20.8 Å². The highest BCUT2D eigenvalue weighted by Crippen LogP contribution is 2.34. The van der Waals surface area contributed by atoms with Gasteiger partial charge in [0, 0.05) is 13.1 Å². The monoisotopic (exact) mass is 396 g/mol. The summed E-state index contributed by atoms with van der Waals surface area (Å²) >= 11 is 5.69. The van der Waals surface area contributed by atoms with Crippen LogP contribution in [0, 0.1) is 15.9 Å². The van der Waals surface area contributed by atoms with Crippen molar-refractivity contribution in [3.05, 3.63) is 57.4 Å². The van der Waals surface area contributed by atoms with Crippen molar-refractivity contribution >= 4 is 29.1 Å². The summed E-state index contributed by atoms with van der Waals surface area (Å²) in [7, 11) is 1.37. The van der Waals surface area contributed by atoms with E-state index in [0.29, 0.717) is 0 Å². The fourth-order valence-electron chi connectivity index (χ4n) is 2.10. The Morgan fingerprint density at radius 2 is 1.78 bits per heavy atom. The van der Waals surface area contributed by atoms with Gasteiger partial charge in [-0.05, 0) is 45.0 Å². The Labute approximate surface area is 160 Å². The van der Waals surface area contributed by atoms with Crippen LogP contribution in [0.5, 0.6) is 11.5 Å². The van der Waals surface area contributed by atoms with Gasteiger partial charge >= 0.3 is 6.09 Å². The summed E-state index contributed by atoms with van der Waals surface area (Å²) in [5.74, 6) is -0.265. The third kappa shape index (κ3) is 5.30. The predicted molar refractivity (Wildman–Crippen MR) is 99.2 cm³/mol. The number of hydrogen-bond donors (Lipinski definition) is 0. The first-order chi connectivity index (χ1) is 12.5. The molecule has 2 aromatic rings. The van der Waals surface area contributed by atoms with Crippen LogP contribution >= 0.6 is 11.6 Å². The van der Waals surface area contributed by atoms with Crippen molar-refractivity contribution in [1.29, 1.82) is 0 Å². The van der Waals surface area contributed by atoms with Gasteiger partial charge in [-0.2, -0.15) is 0 Å². The summed E-state index contributed by atoms with van der Waals surface area (Å²) in [4.78, 5) is 24.0. The van der Waals surface area contributed by atoms with Crippen molar-refractivity contribution in [1.82, 2.24) is 0 Å². The van der Waals surface area contributed by atoms with E-state index in [9.17, 15) is 19.3 Å². The topological polar surface area (TPSA) is 81.9 Å². The lowest BCUT2D eigenvalue weighted by Crippen LogP contribution is -2.34. The minimum Gasteiger partial charge on any atom is -0.457 e. The highest BCUT2D eigenvalue weighted by Gasteiger charge is 2.26. The van der Waals surface area contributed by atoms with Crippen LogP contribution in [0.4, 0.5) is 20.6 Å². The van der Waals surface area contributed by atoms with E-state index in [1.807, 2.05) is 0 Å². The number of ether oxygens (including phenoxy) is 2. The lowest BCUT2D eigenvalue weighted by Gasteiger charge is -2.24. The third-order valence-corrected chi connectivity index (χ3v) is 3.59. The zero-order valence-corrected chi connectivity index (χ0v) is 15.9. The molecule has 0 saturated carbocycles. The molecule has 0 aliphatic rings. The van der Waals surface area contributed by atoms with Crippen LogP contribution in [0.25, 0.3) is 0 Å². The highest BCUT2D eigenvalue weighted by atomic mass is 35.5. The smallest absolute Gasteiger partial charge is 0.414 e. The maximum atomic E-state index is 13.2. The summed E-state index contributed by atoms with van der Waals surface area (Å²) in [6.45, 7) is 5.08. The number of benzene rings is 2. The summed E-state index contributed by atoms with van der Waals surface area (Å²) < 4.78 is 23.9. The first-order valence-corrected chi connectivity index (χ1v) is 8.24. The average molecular weight is 397 g/mol. The molecule has 7 nitrogen and oxygen atoms in total. The molecule has 0 saturated heterocycles. The zero-order chi connectivity index (χ0) is 20.4. The van der Waals surface area contributed by atoms with Crippen molar-refractivity contribution in [2.24, 2.45) is 0 Å². The molecule has 0 aromatic heterocycles. The number of carbonyl (C=O) groups excluding carboxylic acids is 1. The van der Waals surface area contributed by atoms with Crippen LogP contribution in [-0.4, -0.2) is 23.7 Å². The Morgan fingerprint density at radius 3 is 2.33 bits per heavy atom. The fourth-order valence-corrected chi connectivity index (χ4v) is 2.27. The van der Waals surface area contributed by atoms with Gasteiger partial charge in [-0.15, -0.1) is 0 Å². The van der Waals surface area contributed by atoms with Gasteiger partial charge in [-0.25, -0.2) is 9.18 Å². The average Bonchev–Trinajstić information content (AvgIpc) is 2.56. The fraction of sp³-hybridized carbons (Fsp3) is 0.278. The number of nitro benzene ring substituents is 1. The standard InChI is InChI=1S/C18H18ClFN2O5/c1-18(2,3)27-17(23)21(4)15-8-6-12(10-16(15)22(24)25)26-11-5-7-14(20)13(19)9-11/h5-10H,1-4H3. The van der Waals surface area contributed by atoms with E-state index in [2.05, 4.69) is 0 Å². The van der Waals surface area contributed by atoms with Gasteiger partial charge in [-0.3, -0.25) is 15.0 Å². The first kappa shape index (κ1) is 20.4. The molecule has 0 fully saturated rings. The number of anilines is 1. The maximum Gasteiger partial charge on any atom is 0.414 e. The van der Waals surface area contributed by atoms with Gasteiger partial charge in [0.15, 0.2) is 0 Å². The minimum absolute atomic E-state index is 0.0405. The molecule has 2 rings (SSSR count). The number of nitro groups is 1. The largest absolute Gasteiger partial charge is 0.457 e. The Kier molecular flexibility index (Phi) is 5.90. The summed E-state index contributed by atoms with van der Waals surface area (Å²) in [6, 6.07) is 7.68. The van der Waals surface area contributed by atoms with Crippen molar-refractivity contribution < 1.29 is 23.6 Å². The van der Waals surface area contributed by atoms with Crippen molar-refractivity contribution in [2.45, 2.75) is 26.4 Å². The molecule has 0 aliphatic heterocycles. The molecule has 0 aliphatic carbocycles. The quantitative estimate of drug-likeness (QED) is 0.499. The molecule has 9 heteroatoms. The molecule has 0 N–H and O–H groups in total. The molecule has 0 bridgehead atoms. The lowest BCUT2D eigenvalue weighted by molar-refractivity contribution is -0.384. The highest BCUT2D eigenvalue weighted by molar-refractivity contribution is 6.30. The molecule has 2 aromatic carbocycles. The number of amides is 1. The van der Waals surface area contributed by atoms with E-state index < -0.39 is 22.4 Å². The maximum absolute atomic E-state index is 13.2. The number of rotatable bonds is 4. The molecule has 144 valence electrons. The minimum atomic E-state index is -0.745. The molecule has 0 spiro atoms. The molecule has 1 amide bonds. The lowest BCUT2D eigenvalue weighted by atomic mass is 10.2. The Morgan fingerprint density at radius 1 is 1.19 bits per heavy atom. The zero-order valence-electron chi connectivity index (χ0n) is 15.2. The Bertz CT molecular complexity index is 883. The molecule has 0 atom stereocenters. The Balaban J connectivity index is 2.32. The van der Waals surface area contributed by atoms with E-state index >= 15 is 0 Å². The van der Waals surface area contributed by atoms with E-state index in [1.165, 1.54) is 31.3 Å². The van der Waals surface area contributed by atoms with Crippen molar-refractivity contribution in [3.8, 4) is 11.5 Å². The number of halogens is 2. The molecule has 27 heavy (non-hydrogen) atoms. The van der Waals surface area contributed by atoms with Crippen LogP contribution in [0.2, 0.25) is 5.02 Å². The first-order valence-electron chi connectivity index (χ1n) is 7.86. The molecular weight excluding hydrogens is 379 g/mol. The number of hydrogen-bond acceptors (Lipinski definition) is 5. The van der Waals surface area contributed by atoms with E-state index in [-0.39, 0.29) is 27.9 Å². The normalized spacial score (nSPS) is 11.0. The van der Waals surface area contributed by atoms with E-state index in [4.69, 9.17) is 21.1 Å². The summed E-state index contributed by atoms with van der Waals surface area (Å²) in [5, 5.41) is 11.3. The summed E-state index contributed by atoms with van der Waals surface area (Å²) in [5.41, 5.74) is -1.06. The van der Waals surface area contributed by atoms with Crippen LogP contribution in [-0.2, 0) is 4.74 Å². The molecule has 0 unspecified atom stereocenters. The molecular formula is C18H18ClFN2O5. The van der Waals surface area contributed by atoms with Crippen LogP contribution in [0.3, 0.4) is 0 Å². The van der Waals surface area contributed by atoms with Gasteiger partial charge < -0.3 is 9.47 Å². The van der Waals surface area contributed by atoms with Crippen LogP contribution < -0.4 is 9.64 Å². The van der Waals surface area contributed by atoms with Gasteiger partial charge in [0.1, 0.15) is 28.6 Å². The van der Waals surface area contributed by atoms with Gasteiger partial charge in [0.25, 0.3) is 5.69 Å². The van der Waals surface area contributed by atoms with Gasteiger partial charge in [0.05, 0.1) is 16.0 Å². The van der Waals surface area contributed by atoms with Crippen LogP contribution in [0.1, 0.15) is 20.8 Å². The van der Waals surface area contributed by atoms with E-state index in [0.717, 1.165) is 17.0 Å². The third-order valence-electron chi connectivity index (χ3n) is 3.30. The second-order valence-corrected chi connectivity index (χ2v) is 7.03. The molecule has 0 heterocycles. The second-order valence-electron chi connectivity index (χ2n) is 6.62. The number of nitrogens with zero attached hydrogens (tertiary/aromatic N) is 2. The molecule has 0 radical (unpaired) electrons. The van der Waals surface area contributed by atoms with Gasteiger partial charge in [-0.1, -0.05) is 11.6 Å². The number of carbonyl (C=O) groups is 1. The SMILES string of the molecule is CN(C(=O)OC(C)(C)C)c1ccc(Oc2ccc(F)c(Cl)c2)cc1[N+](=O)[O-]. The van der Waals surface area contributed by atoms with Crippen LogP contribution in [0.15, 0.2) is 36.4 Å². The van der Waals surface area contributed by atoms with Crippen molar-refractivity contribution in [3.63, 3.8) is 0 Å². The second kappa shape index (κ2) is 7.79. The Hall–Kier alpha value is -2.87.